The Morgan fingerprint density at radius 2 is 1.71 bits per heavy atom. The maximum Gasteiger partial charge on any atom is 0.320 e. The fourth-order valence-electron chi connectivity index (χ4n) is 0.402. The molecular weight excluding hydrogens is 192 g/mol. The van der Waals surface area contributed by atoms with Crippen molar-refractivity contribution < 1.29 is 24.9 Å². The van der Waals surface area contributed by atoms with Gasteiger partial charge in [-0.05, 0) is 6.42 Å². The molecule has 0 rings (SSSR count). The predicted octanol–water partition coefficient (Wildman–Crippen LogP) is -1.80. The van der Waals surface area contributed by atoms with Gasteiger partial charge >= 0.3 is 11.9 Å². The molecule has 7 nitrogen and oxygen atoms in total. The largest absolute Gasteiger partial charge is 0.481 e. The minimum Gasteiger partial charge on any atom is -0.481 e. The number of rotatable bonds is 5. The Bertz CT molecular complexity index is 171. The molecule has 7 N–H and O–H groups in total. The zero-order valence-electron chi connectivity index (χ0n) is 7.72. The molecule has 0 saturated carbocycles. The third kappa shape index (κ3) is 13.4. The highest BCUT2D eigenvalue weighted by Gasteiger charge is 2.12. The van der Waals surface area contributed by atoms with E-state index < -0.39 is 18.0 Å². The van der Waals surface area contributed by atoms with Gasteiger partial charge in [0.25, 0.3) is 0 Å². The molecule has 0 aromatic carbocycles. The third-order valence-corrected chi connectivity index (χ3v) is 1.12. The van der Waals surface area contributed by atoms with Crippen LogP contribution in [0.3, 0.4) is 0 Å². The van der Waals surface area contributed by atoms with Gasteiger partial charge in [0, 0.05) is 13.0 Å². The van der Waals surface area contributed by atoms with Crippen LogP contribution in [0.5, 0.6) is 0 Å². The van der Waals surface area contributed by atoms with E-state index in [9.17, 15) is 9.59 Å². The molecule has 7 heteroatoms. The summed E-state index contributed by atoms with van der Waals surface area (Å²) in [4.78, 5) is 19.9. The molecule has 84 valence electrons. The molecule has 0 radical (unpaired) electrons. The maximum atomic E-state index is 9.99. The van der Waals surface area contributed by atoms with Gasteiger partial charge in [-0.15, -0.1) is 0 Å². The lowest BCUT2D eigenvalue weighted by atomic mass is 10.2. The van der Waals surface area contributed by atoms with Crippen molar-refractivity contribution in [1.29, 1.82) is 0 Å². The summed E-state index contributed by atoms with van der Waals surface area (Å²) in [5, 5.41) is 24.0. The van der Waals surface area contributed by atoms with Crippen molar-refractivity contribution in [1.82, 2.24) is 0 Å². The summed E-state index contributed by atoms with van der Waals surface area (Å²) in [6.07, 6.45) is -0.224. The molecule has 14 heavy (non-hydrogen) atoms. The Kier molecular flexibility index (Phi) is 10.8. The van der Waals surface area contributed by atoms with Gasteiger partial charge in [0.1, 0.15) is 6.04 Å². The lowest BCUT2D eigenvalue weighted by Crippen LogP contribution is -2.30. The average Bonchev–Trinajstić information content (AvgIpc) is 2.14. The van der Waals surface area contributed by atoms with Gasteiger partial charge in [0.2, 0.25) is 0 Å². The first-order valence-corrected chi connectivity index (χ1v) is 3.96. The monoisotopic (exact) mass is 208 g/mol. The number of nitrogens with two attached hydrogens (primary N) is 2. The molecule has 0 spiro atoms. The number of carboxylic acids is 2. The highest BCUT2D eigenvalue weighted by molar-refractivity contribution is 5.74. The second-order valence-electron chi connectivity index (χ2n) is 2.39. The van der Waals surface area contributed by atoms with E-state index >= 15 is 0 Å². The molecule has 0 aliphatic rings. The lowest BCUT2D eigenvalue weighted by molar-refractivity contribution is -0.139. The van der Waals surface area contributed by atoms with Crippen LogP contribution in [0.1, 0.15) is 12.8 Å². The van der Waals surface area contributed by atoms with Crippen molar-refractivity contribution in [3.8, 4) is 0 Å². The third-order valence-electron chi connectivity index (χ3n) is 1.12. The van der Waals surface area contributed by atoms with Crippen LogP contribution < -0.4 is 11.5 Å². The second-order valence-corrected chi connectivity index (χ2v) is 2.39. The molecule has 0 aromatic heterocycles. The number of carboxylic acid groups (broad SMARTS) is 2. The molecule has 1 atom stereocenters. The SMILES string of the molecule is NCCO.N[C@@H](CCC(=O)O)C(=O)O. The summed E-state index contributed by atoms with van der Waals surface area (Å²) in [5.74, 6) is -2.20. The van der Waals surface area contributed by atoms with Crippen LogP contribution >= 0.6 is 0 Å². The number of hydrogen-bond donors (Lipinski definition) is 5. The van der Waals surface area contributed by atoms with Crippen molar-refractivity contribution >= 4 is 11.9 Å². The smallest absolute Gasteiger partial charge is 0.320 e. The molecule has 0 heterocycles. The maximum absolute atomic E-state index is 9.99. The van der Waals surface area contributed by atoms with E-state index in [-0.39, 0.29) is 19.4 Å². The van der Waals surface area contributed by atoms with Crippen LogP contribution in [-0.2, 0) is 9.59 Å². The minimum absolute atomic E-state index is 0.0231. The Morgan fingerprint density at radius 1 is 1.29 bits per heavy atom. The van der Waals surface area contributed by atoms with Gasteiger partial charge in [0.05, 0.1) is 6.61 Å². The van der Waals surface area contributed by atoms with Crippen molar-refractivity contribution in [2.45, 2.75) is 18.9 Å². The van der Waals surface area contributed by atoms with Crippen LogP contribution in [0.2, 0.25) is 0 Å². The average molecular weight is 208 g/mol. The van der Waals surface area contributed by atoms with Crippen LogP contribution in [0.15, 0.2) is 0 Å². The quantitative estimate of drug-likeness (QED) is 0.358. The minimum atomic E-state index is -1.17. The number of aliphatic hydroxyl groups excluding tert-OH is 1. The summed E-state index contributed by atoms with van der Waals surface area (Å²) < 4.78 is 0. The van der Waals surface area contributed by atoms with Gasteiger partial charge in [0.15, 0.2) is 0 Å². The van der Waals surface area contributed by atoms with Gasteiger partial charge in [-0.1, -0.05) is 0 Å². The predicted molar refractivity (Wildman–Crippen MR) is 48.6 cm³/mol. The summed E-state index contributed by atoms with van der Waals surface area (Å²) in [5.41, 5.74) is 9.78. The van der Waals surface area contributed by atoms with Crippen LogP contribution in [0, 0.1) is 0 Å². The van der Waals surface area contributed by atoms with Gasteiger partial charge < -0.3 is 26.8 Å². The second kappa shape index (κ2) is 9.90. The van der Waals surface area contributed by atoms with E-state index in [1.54, 1.807) is 0 Å². The first kappa shape index (κ1) is 15.3. The fourth-order valence-corrected chi connectivity index (χ4v) is 0.402. The van der Waals surface area contributed by atoms with E-state index in [1.165, 1.54) is 0 Å². The normalized spacial score (nSPS) is 11.1. The zero-order valence-corrected chi connectivity index (χ0v) is 7.72. The molecule has 0 aromatic rings. The van der Waals surface area contributed by atoms with Crippen LogP contribution in [-0.4, -0.2) is 46.5 Å². The van der Waals surface area contributed by atoms with E-state index in [1.807, 2.05) is 0 Å². The summed E-state index contributed by atoms with van der Waals surface area (Å²) in [6, 6.07) is -1.06. The van der Waals surface area contributed by atoms with Crippen LogP contribution in [0.25, 0.3) is 0 Å². The van der Waals surface area contributed by atoms with Gasteiger partial charge in [-0.25, -0.2) is 0 Å². The summed E-state index contributed by atoms with van der Waals surface area (Å²) in [6.45, 7) is 0.472. The van der Waals surface area contributed by atoms with E-state index in [4.69, 9.17) is 26.8 Å². The van der Waals surface area contributed by atoms with Gasteiger partial charge in [-0.2, -0.15) is 0 Å². The molecule has 0 saturated heterocycles. The highest BCUT2D eigenvalue weighted by Crippen LogP contribution is 1.93. The van der Waals surface area contributed by atoms with Crippen molar-refractivity contribution in [3.63, 3.8) is 0 Å². The molecule has 0 aliphatic heterocycles. The molecule has 0 fully saturated rings. The zero-order chi connectivity index (χ0) is 11.6. The van der Waals surface area contributed by atoms with Gasteiger partial charge in [-0.3, -0.25) is 9.59 Å². The Hall–Kier alpha value is -1.18. The van der Waals surface area contributed by atoms with Crippen LogP contribution in [0.4, 0.5) is 0 Å². The molecule has 0 aliphatic carbocycles. The number of aliphatic carboxylic acids is 2. The van der Waals surface area contributed by atoms with Crippen molar-refractivity contribution in [3.05, 3.63) is 0 Å². The lowest BCUT2D eigenvalue weighted by Gasteiger charge is -2.01. The fraction of sp³-hybridized carbons (Fsp3) is 0.714. The van der Waals surface area contributed by atoms with E-state index in [2.05, 4.69) is 0 Å². The number of carbonyl (C=O) groups is 2. The molecule has 0 amide bonds. The van der Waals surface area contributed by atoms with Crippen molar-refractivity contribution in [2.24, 2.45) is 11.5 Å². The summed E-state index contributed by atoms with van der Waals surface area (Å²) in [7, 11) is 0. The molecule has 0 bridgehead atoms. The molecular formula is C7H16N2O5. The topological polar surface area (TPSA) is 147 Å². The standard InChI is InChI=1S/C5H9NO4.C2H7NO/c6-3(5(9)10)1-2-4(7)8;3-1-2-4/h3H,1-2,6H2,(H,7,8)(H,9,10);4H,1-3H2/t3-;/m0./s1. The first-order valence-electron chi connectivity index (χ1n) is 3.96. The molecule has 0 unspecified atom stereocenters. The van der Waals surface area contributed by atoms with E-state index in [0.717, 1.165) is 0 Å². The highest BCUT2D eigenvalue weighted by atomic mass is 16.4. The number of aliphatic hydroxyl groups is 1. The van der Waals surface area contributed by atoms with E-state index in [0.29, 0.717) is 6.54 Å². The Balaban J connectivity index is 0. The number of hydrogen-bond acceptors (Lipinski definition) is 5. The van der Waals surface area contributed by atoms with Crippen molar-refractivity contribution in [2.75, 3.05) is 13.2 Å². The Labute approximate surface area is 81.3 Å². The Morgan fingerprint density at radius 3 is 1.93 bits per heavy atom. The summed E-state index contributed by atoms with van der Waals surface area (Å²) >= 11 is 0. The first-order chi connectivity index (χ1) is 6.45.